The van der Waals surface area contributed by atoms with Gasteiger partial charge in [-0.2, -0.15) is 0 Å². The van der Waals surface area contributed by atoms with Crippen molar-refractivity contribution in [3.8, 4) is 0 Å². The van der Waals surface area contributed by atoms with Gasteiger partial charge in [0, 0.05) is 18.8 Å². The Bertz CT molecular complexity index is 292. The summed E-state index contributed by atoms with van der Waals surface area (Å²) < 4.78 is 0. The molecular weight excluding hydrogens is 197 g/mol. The predicted octanol–water partition coefficient (Wildman–Crippen LogP) is 2.98. The molecule has 2 nitrogen and oxygen atoms in total. The second-order valence-corrected chi connectivity index (χ2v) is 3.07. The van der Waals surface area contributed by atoms with Gasteiger partial charge in [0.05, 0.1) is 15.6 Å². The summed E-state index contributed by atoms with van der Waals surface area (Å²) in [5, 5.41) is 0.628. The molecule has 1 rings (SSSR count). The molecule has 0 spiro atoms. The van der Waals surface area contributed by atoms with Crippen LogP contribution in [0.25, 0.3) is 0 Å². The molecule has 4 heteroatoms. The van der Waals surface area contributed by atoms with Crippen LogP contribution in [0.3, 0.4) is 0 Å². The molecule has 0 amide bonds. The van der Waals surface area contributed by atoms with Crippen molar-refractivity contribution in [1.29, 1.82) is 0 Å². The summed E-state index contributed by atoms with van der Waals surface area (Å²) in [4.78, 5) is 15.0. The molecule has 0 saturated heterocycles. The minimum absolute atomic E-state index is 0.0626. The molecule has 0 N–H and O–H groups in total. The topological polar surface area (TPSA) is 30.0 Å². The maximum Gasteiger partial charge on any atom is 0.165 e. The van der Waals surface area contributed by atoms with Crippen molar-refractivity contribution in [2.45, 2.75) is 13.3 Å². The molecule has 0 fully saturated rings. The number of carbonyl (C=O) groups excluding carboxylic acids is 1. The minimum atomic E-state index is -0.0626. The summed E-state index contributed by atoms with van der Waals surface area (Å²) in [6.45, 7) is 1.76. The highest BCUT2D eigenvalue weighted by Gasteiger charge is 2.12. The molecule has 1 heterocycles. The van der Waals surface area contributed by atoms with Crippen molar-refractivity contribution in [3.05, 3.63) is 28.0 Å². The van der Waals surface area contributed by atoms with Gasteiger partial charge in [-0.15, -0.1) is 0 Å². The lowest BCUT2D eigenvalue weighted by atomic mass is 10.1. The Morgan fingerprint density at radius 1 is 1.42 bits per heavy atom. The molecule has 0 aliphatic carbocycles. The summed E-state index contributed by atoms with van der Waals surface area (Å²) >= 11 is 11.5. The zero-order chi connectivity index (χ0) is 9.14. The first-order valence-electron chi connectivity index (χ1n) is 3.49. The molecule has 12 heavy (non-hydrogen) atoms. The Kier molecular flexibility index (Phi) is 3.06. The zero-order valence-corrected chi connectivity index (χ0v) is 7.99. The summed E-state index contributed by atoms with van der Waals surface area (Å²) in [5.41, 5.74) is 0.371. The van der Waals surface area contributed by atoms with Crippen molar-refractivity contribution < 1.29 is 4.79 Å². The van der Waals surface area contributed by atoms with Crippen LogP contribution in [0.2, 0.25) is 10.0 Å². The van der Waals surface area contributed by atoms with Crippen LogP contribution < -0.4 is 0 Å². The van der Waals surface area contributed by atoms with E-state index in [2.05, 4.69) is 4.98 Å². The van der Waals surface area contributed by atoms with Crippen LogP contribution in [-0.4, -0.2) is 10.8 Å². The van der Waals surface area contributed by atoms with Gasteiger partial charge in [-0.1, -0.05) is 30.1 Å². The number of pyridine rings is 1. The van der Waals surface area contributed by atoms with E-state index < -0.39 is 0 Å². The summed E-state index contributed by atoms with van der Waals surface area (Å²) in [6.07, 6.45) is 3.22. The maximum atomic E-state index is 11.3. The van der Waals surface area contributed by atoms with Crippen LogP contribution in [0.15, 0.2) is 12.4 Å². The van der Waals surface area contributed by atoms with E-state index in [1.165, 1.54) is 12.4 Å². The molecule has 0 atom stereocenters. The highest BCUT2D eigenvalue weighted by Crippen LogP contribution is 2.23. The average Bonchev–Trinajstić information content (AvgIpc) is 2.03. The monoisotopic (exact) mass is 203 g/mol. The van der Waals surface area contributed by atoms with Gasteiger partial charge in [0.2, 0.25) is 0 Å². The minimum Gasteiger partial charge on any atom is -0.294 e. The molecule has 64 valence electrons. The van der Waals surface area contributed by atoms with E-state index in [1.807, 2.05) is 0 Å². The van der Waals surface area contributed by atoms with Crippen LogP contribution in [0, 0.1) is 0 Å². The van der Waals surface area contributed by atoms with Gasteiger partial charge < -0.3 is 0 Å². The molecule has 0 aromatic carbocycles. The van der Waals surface area contributed by atoms with Crippen LogP contribution >= 0.6 is 23.2 Å². The number of hydrogen-bond acceptors (Lipinski definition) is 2. The zero-order valence-electron chi connectivity index (χ0n) is 6.47. The van der Waals surface area contributed by atoms with Gasteiger partial charge in [0.15, 0.2) is 5.78 Å². The average molecular weight is 204 g/mol. The van der Waals surface area contributed by atoms with Gasteiger partial charge in [0.25, 0.3) is 0 Å². The highest BCUT2D eigenvalue weighted by atomic mass is 35.5. The fraction of sp³-hybridized carbons (Fsp3) is 0.250. The van der Waals surface area contributed by atoms with E-state index in [0.717, 1.165) is 0 Å². The Hall–Kier alpha value is -0.600. The van der Waals surface area contributed by atoms with E-state index in [9.17, 15) is 4.79 Å². The van der Waals surface area contributed by atoms with Gasteiger partial charge in [0.1, 0.15) is 0 Å². The maximum absolute atomic E-state index is 11.3. The second kappa shape index (κ2) is 3.87. The Balaban J connectivity index is 3.21. The van der Waals surface area contributed by atoms with Crippen molar-refractivity contribution in [2.75, 3.05) is 0 Å². The normalized spacial score (nSPS) is 9.92. The number of carbonyl (C=O) groups is 1. The first-order chi connectivity index (χ1) is 5.66. The number of ketones is 1. The van der Waals surface area contributed by atoms with Crippen LogP contribution in [-0.2, 0) is 0 Å². The lowest BCUT2D eigenvalue weighted by Gasteiger charge is -2.01. The molecule has 0 unspecified atom stereocenters. The first kappa shape index (κ1) is 9.49. The summed E-state index contributed by atoms with van der Waals surface area (Å²) in [7, 11) is 0. The van der Waals surface area contributed by atoms with Gasteiger partial charge in [-0.25, -0.2) is 0 Å². The molecule has 0 bridgehead atoms. The second-order valence-electron chi connectivity index (χ2n) is 2.25. The Labute approximate surface area is 80.5 Å². The first-order valence-corrected chi connectivity index (χ1v) is 4.24. The van der Waals surface area contributed by atoms with E-state index in [-0.39, 0.29) is 5.78 Å². The molecule has 0 aliphatic rings. The third-order valence-electron chi connectivity index (χ3n) is 1.45. The SMILES string of the molecule is CCC(=O)c1c(Cl)cncc1Cl. The van der Waals surface area contributed by atoms with Crippen LogP contribution in [0.4, 0.5) is 0 Å². The van der Waals surface area contributed by atoms with E-state index in [1.54, 1.807) is 6.92 Å². The largest absolute Gasteiger partial charge is 0.294 e. The number of rotatable bonds is 2. The van der Waals surface area contributed by atoms with Crippen molar-refractivity contribution in [1.82, 2.24) is 4.98 Å². The van der Waals surface area contributed by atoms with Crippen molar-refractivity contribution >= 4 is 29.0 Å². The lowest BCUT2D eigenvalue weighted by Crippen LogP contribution is -1.99. The Morgan fingerprint density at radius 3 is 2.33 bits per heavy atom. The molecular formula is C8H7Cl2NO. The fourth-order valence-corrected chi connectivity index (χ4v) is 1.43. The van der Waals surface area contributed by atoms with E-state index >= 15 is 0 Å². The third-order valence-corrected chi connectivity index (χ3v) is 2.03. The lowest BCUT2D eigenvalue weighted by molar-refractivity contribution is 0.0988. The molecule has 0 saturated carbocycles. The van der Waals surface area contributed by atoms with E-state index in [0.29, 0.717) is 22.0 Å². The van der Waals surface area contributed by atoms with Crippen LogP contribution in [0.5, 0.6) is 0 Å². The molecule has 0 radical (unpaired) electrons. The quantitative estimate of drug-likeness (QED) is 0.693. The molecule has 0 aliphatic heterocycles. The van der Waals surface area contributed by atoms with Crippen molar-refractivity contribution in [2.24, 2.45) is 0 Å². The number of aromatic nitrogens is 1. The number of halogens is 2. The predicted molar refractivity (Wildman–Crippen MR) is 48.9 cm³/mol. The van der Waals surface area contributed by atoms with Gasteiger partial charge in [-0.05, 0) is 0 Å². The number of nitrogens with zero attached hydrogens (tertiary/aromatic N) is 1. The van der Waals surface area contributed by atoms with Crippen molar-refractivity contribution in [3.63, 3.8) is 0 Å². The molecule has 1 aromatic heterocycles. The Morgan fingerprint density at radius 2 is 1.92 bits per heavy atom. The van der Waals surface area contributed by atoms with Crippen LogP contribution in [0.1, 0.15) is 23.7 Å². The molecule has 1 aromatic rings. The highest BCUT2D eigenvalue weighted by molar-refractivity contribution is 6.39. The number of Topliss-reactive ketones (excluding diaryl/α,β-unsaturated/α-hetero) is 1. The summed E-state index contributed by atoms with van der Waals surface area (Å²) in [6, 6.07) is 0. The van der Waals surface area contributed by atoms with Gasteiger partial charge in [-0.3, -0.25) is 9.78 Å². The fourth-order valence-electron chi connectivity index (χ4n) is 0.854. The number of hydrogen-bond donors (Lipinski definition) is 0. The van der Waals surface area contributed by atoms with E-state index in [4.69, 9.17) is 23.2 Å². The summed E-state index contributed by atoms with van der Waals surface area (Å²) in [5.74, 6) is -0.0626. The standard InChI is InChI=1S/C8H7Cl2NO/c1-2-7(12)8-5(9)3-11-4-6(8)10/h3-4H,2H2,1H3. The van der Waals surface area contributed by atoms with Gasteiger partial charge >= 0.3 is 0 Å². The third kappa shape index (κ3) is 1.76. The smallest absolute Gasteiger partial charge is 0.165 e.